The number of alkyl halides is 3. The molecule has 2 aromatic rings. The lowest BCUT2D eigenvalue weighted by Crippen LogP contribution is -2.10. The van der Waals surface area contributed by atoms with E-state index in [2.05, 4.69) is 0 Å². The van der Waals surface area contributed by atoms with Crippen LogP contribution in [0.25, 0.3) is 0 Å². The summed E-state index contributed by atoms with van der Waals surface area (Å²) in [6.07, 6.45) is -2.88. The van der Waals surface area contributed by atoms with Crippen LogP contribution in [-0.4, -0.2) is 15.6 Å². The maximum absolute atomic E-state index is 12.6. The highest BCUT2D eigenvalue weighted by Gasteiger charge is 2.30. The summed E-state index contributed by atoms with van der Waals surface area (Å²) < 4.78 is 39.0. The summed E-state index contributed by atoms with van der Waals surface area (Å²) in [7, 11) is 0. The molecule has 6 heteroatoms. The van der Waals surface area contributed by atoms with Crippen LogP contribution in [0.5, 0.6) is 0 Å². The minimum Gasteiger partial charge on any atom is -0.477 e. The average Bonchev–Trinajstić information content (AvgIpc) is 2.76. The van der Waals surface area contributed by atoms with E-state index in [1.165, 1.54) is 35.0 Å². The van der Waals surface area contributed by atoms with Crippen molar-refractivity contribution in [1.82, 2.24) is 4.57 Å². The second kappa shape index (κ2) is 4.79. The summed E-state index contributed by atoms with van der Waals surface area (Å²) >= 11 is 0. The molecular formula is C13H10F3NO2. The third-order valence-corrected chi connectivity index (χ3v) is 2.66. The number of aromatic carboxylic acids is 1. The molecule has 0 atom stereocenters. The van der Waals surface area contributed by atoms with Gasteiger partial charge in [-0.05, 0) is 29.8 Å². The molecule has 1 heterocycles. The van der Waals surface area contributed by atoms with E-state index >= 15 is 0 Å². The quantitative estimate of drug-likeness (QED) is 0.929. The molecule has 0 radical (unpaired) electrons. The summed E-state index contributed by atoms with van der Waals surface area (Å²) in [6.45, 7) is 0.0819. The highest BCUT2D eigenvalue weighted by molar-refractivity contribution is 5.85. The van der Waals surface area contributed by atoms with Crippen molar-refractivity contribution in [1.29, 1.82) is 0 Å². The predicted octanol–water partition coefficient (Wildman–Crippen LogP) is 3.25. The number of carboxylic acids is 1. The van der Waals surface area contributed by atoms with Crippen molar-refractivity contribution in [2.45, 2.75) is 12.7 Å². The fourth-order valence-corrected chi connectivity index (χ4v) is 1.79. The van der Waals surface area contributed by atoms with Gasteiger partial charge in [-0.25, -0.2) is 4.79 Å². The van der Waals surface area contributed by atoms with Crippen LogP contribution in [0.2, 0.25) is 0 Å². The van der Waals surface area contributed by atoms with Crippen molar-refractivity contribution in [3.05, 3.63) is 59.4 Å². The molecule has 0 spiro atoms. The molecule has 0 saturated carbocycles. The number of benzene rings is 1. The molecule has 100 valence electrons. The minimum absolute atomic E-state index is 0.0393. The molecule has 2 rings (SSSR count). The standard InChI is InChI=1S/C13H10F3NO2/c14-13(15,16)10-4-1-3-9(7-10)8-17-6-2-5-11(17)12(18)19/h1-7H,8H2,(H,18,19). The summed E-state index contributed by atoms with van der Waals surface area (Å²) in [6, 6.07) is 7.78. The summed E-state index contributed by atoms with van der Waals surface area (Å²) in [5, 5.41) is 8.92. The third kappa shape index (κ3) is 2.96. The zero-order valence-corrected chi connectivity index (χ0v) is 9.69. The molecule has 1 N–H and O–H groups in total. The van der Waals surface area contributed by atoms with Gasteiger partial charge >= 0.3 is 12.1 Å². The van der Waals surface area contributed by atoms with Crippen LogP contribution in [0.1, 0.15) is 21.6 Å². The summed E-state index contributed by atoms with van der Waals surface area (Å²) in [4.78, 5) is 10.9. The van der Waals surface area contributed by atoms with E-state index in [0.717, 1.165) is 12.1 Å². The second-order valence-corrected chi connectivity index (χ2v) is 4.02. The van der Waals surface area contributed by atoms with E-state index in [9.17, 15) is 18.0 Å². The summed E-state index contributed by atoms with van der Waals surface area (Å²) in [5.74, 6) is -1.11. The number of nitrogens with zero attached hydrogens (tertiary/aromatic N) is 1. The van der Waals surface area contributed by atoms with Gasteiger partial charge in [0.2, 0.25) is 0 Å². The maximum Gasteiger partial charge on any atom is 0.416 e. The number of aromatic nitrogens is 1. The van der Waals surface area contributed by atoms with E-state index < -0.39 is 17.7 Å². The Bertz CT molecular complexity index is 602. The van der Waals surface area contributed by atoms with Gasteiger partial charge < -0.3 is 9.67 Å². The molecular weight excluding hydrogens is 259 g/mol. The fraction of sp³-hybridized carbons (Fsp3) is 0.154. The van der Waals surface area contributed by atoms with Crippen LogP contribution >= 0.6 is 0 Å². The van der Waals surface area contributed by atoms with Crippen LogP contribution in [0.4, 0.5) is 13.2 Å². The largest absolute Gasteiger partial charge is 0.477 e. The predicted molar refractivity (Wildman–Crippen MR) is 61.9 cm³/mol. The van der Waals surface area contributed by atoms with Crippen LogP contribution < -0.4 is 0 Å². The van der Waals surface area contributed by atoms with E-state index in [4.69, 9.17) is 5.11 Å². The number of carboxylic acid groups (broad SMARTS) is 1. The van der Waals surface area contributed by atoms with E-state index in [0.29, 0.717) is 5.56 Å². The highest BCUT2D eigenvalue weighted by Crippen LogP contribution is 2.29. The van der Waals surface area contributed by atoms with Gasteiger partial charge in [0.25, 0.3) is 0 Å². The molecule has 19 heavy (non-hydrogen) atoms. The van der Waals surface area contributed by atoms with Crippen LogP contribution in [0, 0.1) is 0 Å². The van der Waals surface area contributed by atoms with Crippen molar-refractivity contribution >= 4 is 5.97 Å². The van der Waals surface area contributed by atoms with Gasteiger partial charge in [0, 0.05) is 12.7 Å². The molecule has 0 aliphatic rings. The van der Waals surface area contributed by atoms with Crippen LogP contribution in [-0.2, 0) is 12.7 Å². The van der Waals surface area contributed by atoms with Gasteiger partial charge in [0.1, 0.15) is 5.69 Å². The van der Waals surface area contributed by atoms with Crippen molar-refractivity contribution < 1.29 is 23.1 Å². The smallest absolute Gasteiger partial charge is 0.416 e. The van der Waals surface area contributed by atoms with E-state index in [-0.39, 0.29) is 12.2 Å². The Balaban J connectivity index is 2.29. The monoisotopic (exact) mass is 269 g/mol. The zero-order valence-electron chi connectivity index (χ0n) is 9.69. The Kier molecular flexibility index (Phi) is 3.33. The van der Waals surface area contributed by atoms with Gasteiger partial charge in [-0.1, -0.05) is 12.1 Å². The first kappa shape index (κ1) is 13.2. The lowest BCUT2D eigenvalue weighted by atomic mass is 10.1. The maximum atomic E-state index is 12.6. The number of rotatable bonds is 3. The minimum atomic E-state index is -4.40. The van der Waals surface area contributed by atoms with Crippen molar-refractivity contribution in [3.8, 4) is 0 Å². The molecule has 0 aliphatic heterocycles. The molecule has 0 aliphatic carbocycles. The molecule has 0 amide bonds. The molecule has 0 bridgehead atoms. The lowest BCUT2D eigenvalue weighted by Gasteiger charge is -2.10. The first-order valence-electron chi connectivity index (χ1n) is 5.42. The summed E-state index contributed by atoms with van der Waals surface area (Å²) in [5.41, 5.74) is -0.306. The average molecular weight is 269 g/mol. The fourth-order valence-electron chi connectivity index (χ4n) is 1.79. The molecule has 0 fully saturated rings. The molecule has 1 aromatic heterocycles. The van der Waals surface area contributed by atoms with Crippen molar-refractivity contribution in [2.75, 3.05) is 0 Å². The Morgan fingerprint density at radius 1 is 1.21 bits per heavy atom. The first-order chi connectivity index (χ1) is 8.88. The van der Waals surface area contributed by atoms with Gasteiger partial charge in [0.15, 0.2) is 0 Å². The normalized spacial score (nSPS) is 11.5. The van der Waals surface area contributed by atoms with Gasteiger partial charge in [0.05, 0.1) is 5.56 Å². The van der Waals surface area contributed by atoms with E-state index in [1.54, 1.807) is 0 Å². The molecule has 3 nitrogen and oxygen atoms in total. The van der Waals surface area contributed by atoms with E-state index in [1.807, 2.05) is 0 Å². The SMILES string of the molecule is O=C(O)c1cccn1Cc1cccc(C(F)(F)F)c1. The van der Waals surface area contributed by atoms with Crippen LogP contribution in [0.3, 0.4) is 0 Å². The Morgan fingerprint density at radius 3 is 2.58 bits per heavy atom. The van der Waals surface area contributed by atoms with Crippen molar-refractivity contribution in [3.63, 3.8) is 0 Å². The Labute approximate surface area is 106 Å². The number of hydrogen-bond donors (Lipinski definition) is 1. The second-order valence-electron chi connectivity index (χ2n) is 4.02. The zero-order chi connectivity index (χ0) is 14.0. The van der Waals surface area contributed by atoms with Crippen molar-refractivity contribution in [2.24, 2.45) is 0 Å². The van der Waals surface area contributed by atoms with Crippen LogP contribution in [0.15, 0.2) is 42.6 Å². The van der Waals surface area contributed by atoms with Gasteiger partial charge in [-0.3, -0.25) is 0 Å². The Morgan fingerprint density at radius 2 is 1.95 bits per heavy atom. The third-order valence-electron chi connectivity index (χ3n) is 2.66. The molecule has 1 aromatic carbocycles. The van der Waals surface area contributed by atoms with Gasteiger partial charge in [-0.15, -0.1) is 0 Å². The number of hydrogen-bond acceptors (Lipinski definition) is 1. The van der Waals surface area contributed by atoms with Gasteiger partial charge in [-0.2, -0.15) is 13.2 Å². The molecule has 0 saturated heterocycles. The Hall–Kier alpha value is -2.24. The highest BCUT2D eigenvalue weighted by atomic mass is 19.4. The number of halogens is 3. The number of carbonyl (C=O) groups is 1. The topological polar surface area (TPSA) is 42.2 Å². The first-order valence-corrected chi connectivity index (χ1v) is 5.42. The molecule has 0 unspecified atom stereocenters. The lowest BCUT2D eigenvalue weighted by molar-refractivity contribution is -0.137.